The molecule has 0 bridgehead atoms. The van der Waals surface area contributed by atoms with Crippen LogP contribution in [0.5, 0.6) is 0 Å². The number of hydrogen-bond donors (Lipinski definition) is 1. The summed E-state index contributed by atoms with van der Waals surface area (Å²) in [6, 6.07) is 12.7. The van der Waals surface area contributed by atoms with Gasteiger partial charge in [-0.15, -0.1) is 11.3 Å². The standard InChI is InChI=1S/C16H16N2S/c17-10-12-4-6-13(7-5-12)11-18-15-2-1-3-16-14(15)8-9-19-16/h4-9,15,18H,1-3,11H2. The molecular formula is C16H16N2S. The van der Waals surface area contributed by atoms with Crippen LogP contribution in [0.3, 0.4) is 0 Å². The van der Waals surface area contributed by atoms with Crippen LogP contribution in [-0.2, 0) is 13.0 Å². The van der Waals surface area contributed by atoms with Crippen molar-refractivity contribution in [1.29, 1.82) is 5.26 Å². The van der Waals surface area contributed by atoms with Crippen molar-refractivity contribution in [2.45, 2.75) is 31.8 Å². The lowest BCUT2D eigenvalue weighted by Crippen LogP contribution is -2.23. The van der Waals surface area contributed by atoms with Crippen molar-refractivity contribution in [1.82, 2.24) is 5.32 Å². The maximum absolute atomic E-state index is 8.78. The molecule has 19 heavy (non-hydrogen) atoms. The highest BCUT2D eigenvalue weighted by Gasteiger charge is 2.20. The molecular weight excluding hydrogens is 252 g/mol. The molecule has 0 amide bonds. The fourth-order valence-corrected chi connectivity index (χ4v) is 3.62. The summed E-state index contributed by atoms with van der Waals surface area (Å²) in [6.45, 7) is 0.867. The molecule has 2 nitrogen and oxygen atoms in total. The van der Waals surface area contributed by atoms with E-state index in [0.29, 0.717) is 6.04 Å². The van der Waals surface area contributed by atoms with Gasteiger partial charge in [-0.3, -0.25) is 0 Å². The van der Waals surface area contributed by atoms with Crippen molar-refractivity contribution >= 4 is 11.3 Å². The Balaban J connectivity index is 1.66. The van der Waals surface area contributed by atoms with Crippen LogP contribution in [0, 0.1) is 11.3 Å². The molecule has 0 radical (unpaired) electrons. The minimum atomic E-state index is 0.491. The van der Waals surface area contributed by atoms with Crippen molar-refractivity contribution in [3.8, 4) is 6.07 Å². The van der Waals surface area contributed by atoms with Gasteiger partial charge in [-0.1, -0.05) is 12.1 Å². The number of fused-ring (bicyclic) bond motifs is 1. The highest BCUT2D eigenvalue weighted by atomic mass is 32.1. The number of nitrogens with zero attached hydrogens (tertiary/aromatic N) is 1. The quantitative estimate of drug-likeness (QED) is 0.919. The topological polar surface area (TPSA) is 35.8 Å². The lowest BCUT2D eigenvalue weighted by molar-refractivity contribution is 0.463. The maximum Gasteiger partial charge on any atom is 0.0991 e. The first-order valence-electron chi connectivity index (χ1n) is 6.65. The van der Waals surface area contributed by atoms with Gasteiger partial charge in [-0.2, -0.15) is 5.26 Å². The molecule has 1 aromatic carbocycles. The van der Waals surface area contributed by atoms with Crippen LogP contribution >= 0.6 is 11.3 Å². The van der Waals surface area contributed by atoms with E-state index in [1.54, 1.807) is 4.88 Å². The van der Waals surface area contributed by atoms with Gasteiger partial charge in [0.15, 0.2) is 0 Å². The zero-order valence-electron chi connectivity index (χ0n) is 10.7. The van der Waals surface area contributed by atoms with Crippen LogP contribution in [-0.4, -0.2) is 0 Å². The molecule has 3 heteroatoms. The normalized spacial score (nSPS) is 17.7. The van der Waals surface area contributed by atoms with E-state index in [1.165, 1.54) is 30.4 Å². The SMILES string of the molecule is N#Cc1ccc(CNC2CCCc3sccc32)cc1. The molecule has 0 saturated carbocycles. The first-order chi connectivity index (χ1) is 9.36. The third-order valence-electron chi connectivity index (χ3n) is 3.69. The van der Waals surface area contributed by atoms with E-state index in [2.05, 4.69) is 22.8 Å². The van der Waals surface area contributed by atoms with Crippen molar-refractivity contribution in [3.63, 3.8) is 0 Å². The number of benzene rings is 1. The van der Waals surface area contributed by atoms with E-state index in [4.69, 9.17) is 5.26 Å². The fourth-order valence-electron chi connectivity index (χ4n) is 2.64. The molecule has 1 N–H and O–H groups in total. The summed E-state index contributed by atoms with van der Waals surface area (Å²) < 4.78 is 0. The third kappa shape index (κ3) is 2.70. The van der Waals surface area contributed by atoms with Crippen molar-refractivity contribution in [2.24, 2.45) is 0 Å². The van der Waals surface area contributed by atoms with Gasteiger partial charge in [0.25, 0.3) is 0 Å². The molecule has 0 spiro atoms. The minimum Gasteiger partial charge on any atom is -0.306 e. The molecule has 96 valence electrons. The molecule has 0 saturated heterocycles. The van der Waals surface area contributed by atoms with E-state index in [1.807, 2.05) is 35.6 Å². The number of aryl methyl sites for hydroxylation is 1. The zero-order chi connectivity index (χ0) is 13.1. The van der Waals surface area contributed by atoms with Gasteiger partial charge in [0.1, 0.15) is 0 Å². The lowest BCUT2D eigenvalue weighted by atomic mass is 9.94. The van der Waals surface area contributed by atoms with Crippen molar-refractivity contribution in [2.75, 3.05) is 0 Å². The Labute approximate surface area is 117 Å². The Hall–Kier alpha value is -1.63. The maximum atomic E-state index is 8.78. The van der Waals surface area contributed by atoms with E-state index < -0.39 is 0 Å². The van der Waals surface area contributed by atoms with Gasteiger partial charge in [0.2, 0.25) is 0 Å². The lowest BCUT2D eigenvalue weighted by Gasteiger charge is -2.23. The van der Waals surface area contributed by atoms with Gasteiger partial charge in [-0.25, -0.2) is 0 Å². The number of rotatable bonds is 3. The smallest absolute Gasteiger partial charge is 0.0991 e. The van der Waals surface area contributed by atoms with Crippen LogP contribution in [0.4, 0.5) is 0 Å². The second kappa shape index (κ2) is 5.56. The van der Waals surface area contributed by atoms with Gasteiger partial charge in [0.05, 0.1) is 11.6 Å². The van der Waals surface area contributed by atoms with E-state index >= 15 is 0 Å². The van der Waals surface area contributed by atoms with E-state index in [-0.39, 0.29) is 0 Å². The Morgan fingerprint density at radius 2 is 2.11 bits per heavy atom. The van der Waals surface area contributed by atoms with Crippen LogP contribution in [0.15, 0.2) is 35.7 Å². The Morgan fingerprint density at radius 3 is 2.89 bits per heavy atom. The summed E-state index contributed by atoms with van der Waals surface area (Å²) in [4.78, 5) is 1.54. The number of nitriles is 1. The summed E-state index contributed by atoms with van der Waals surface area (Å²) >= 11 is 1.88. The average molecular weight is 268 g/mol. The Bertz CT molecular complexity index is 592. The van der Waals surface area contributed by atoms with Crippen LogP contribution < -0.4 is 5.32 Å². The second-order valence-corrected chi connectivity index (χ2v) is 5.93. The molecule has 1 aliphatic rings. The summed E-state index contributed by atoms with van der Waals surface area (Å²) in [5.74, 6) is 0. The first kappa shape index (κ1) is 12.4. The first-order valence-corrected chi connectivity index (χ1v) is 7.53. The van der Waals surface area contributed by atoms with Gasteiger partial charge in [0, 0.05) is 17.5 Å². The summed E-state index contributed by atoms with van der Waals surface area (Å²) in [5.41, 5.74) is 3.45. The van der Waals surface area contributed by atoms with Gasteiger partial charge in [-0.05, 0) is 54.0 Å². The van der Waals surface area contributed by atoms with Crippen LogP contribution in [0.25, 0.3) is 0 Å². The molecule has 1 atom stereocenters. The molecule has 1 heterocycles. The summed E-state index contributed by atoms with van der Waals surface area (Å²) in [7, 11) is 0. The van der Waals surface area contributed by atoms with Crippen molar-refractivity contribution < 1.29 is 0 Å². The second-order valence-electron chi connectivity index (χ2n) is 4.93. The van der Waals surface area contributed by atoms with Crippen LogP contribution in [0.1, 0.15) is 40.5 Å². The third-order valence-corrected chi connectivity index (χ3v) is 4.68. The summed E-state index contributed by atoms with van der Waals surface area (Å²) in [6.07, 6.45) is 3.74. The molecule has 2 aromatic rings. The number of hydrogen-bond acceptors (Lipinski definition) is 3. The Morgan fingerprint density at radius 1 is 1.26 bits per heavy atom. The summed E-state index contributed by atoms with van der Waals surface area (Å²) in [5, 5.41) is 14.6. The van der Waals surface area contributed by atoms with Crippen LogP contribution in [0.2, 0.25) is 0 Å². The number of thiophene rings is 1. The van der Waals surface area contributed by atoms with Gasteiger partial charge < -0.3 is 5.32 Å². The monoisotopic (exact) mass is 268 g/mol. The highest BCUT2D eigenvalue weighted by Crippen LogP contribution is 2.33. The van der Waals surface area contributed by atoms with E-state index in [0.717, 1.165) is 12.1 Å². The number of nitrogens with one attached hydrogen (secondary N) is 1. The fraction of sp³-hybridized carbons (Fsp3) is 0.312. The van der Waals surface area contributed by atoms with E-state index in [9.17, 15) is 0 Å². The molecule has 0 aliphatic heterocycles. The predicted molar refractivity (Wildman–Crippen MR) is 78.0 cm³/mol. The molecule has 0 fully saturated rings. The zero-order valence-corrected chi connectivity index (χ0v) is 11.5. The molecule has 1 aliphatic carbocycles. The minimum absolute atomic E-state index is 0.491. The van der Waals surface area contributed by atoms with Crippen molar-refractivity contribution in [3.05, 3.63) is 57.3 Å². The molecule has 1 unspecified atom stereocenters. The molecule has 1 aromatic heterocycles. The predicted octanol–water partition coefficient (Wildman–Crippen LogP) is 3.79. The molecule has 3 rings (SSSR count). The average Bonchev–Trinajstić information content (AvgIpc) is 2.94. The largest absolute Gasteiger partial charge is 0.306 e. The van der Waals surface area contributed by atoms with Gasteiger partial charge >= 0.3 is 0 Å². The Kier molecular flexibility index (Phi) is 3.63. The highest BCUT2D eigenvalue weighted by molar-refractivity contribution is 7.10.